The lowest BCUT2D eigenvalue weighted by molar-refractivity contribution is -0.126. The lowest BCUT2D eigenvalue weighted by Gasteiger charge is -2.24. The van der Waals surface area contributed by atoms with E-state index in [2.05, 4.69) is 17.5 Å². The normalized spacial score (nSPS) is 16.6. The monoisotopic (exact) mass is 338 g/mol. The van der Waals surface area contributed by atoms with Crippen molar-refractivity contribution in [2.45, 2.75) is 18.9 Å². The van der Waals surface area contributed by atoms with E-state index >= 15 is 0 Å². The number of nitrogens with one attached hydrogen (secondary N) is 1. The van der Waals surface area contributed by atoms with E-state index in [0.29, 0.717) is 17.3 Å². The van der Waals surface area contributed by atoms with Gasteiger partial charge >= 0.3 is 0 Å². The van der Waals surface area contributed by atoms with Crippen LogP contribution in [0.3, 0.4) is 0 Å². The van der Waals surface area contributed by atoms with Crippen molar-refractivity contribution in [1.29, 1.82) is 0 Å². The highest BCUT2D eigenvalue weighted by Gasteiger charge is 2.29. The molecule has 0 aromatic heterocycles. The molecule has 1 aliphatic rings. The molecule has 2 rings (SSSR count). The number of benzene rings is 1. The number of hydrogen-bond donors (Lipinski definition) is 2. The van der Waals surface area contributed by atoms with Crippen LogP contribution < -0.4 is 15.8 Å². The molecule has 1 heterocycles. The maximum Gasteiger partial charge on any atom is 0.243 e. The average Bonchev–Trinajstić information content (AvgIpc) is 2.53. The second-order valence-electron chi connectivity index (χ2n) is 5.22. The summed E-state index contributed by atoms with van der Waals surface area (Å²) in [6, 6.07) is 7.10. The molecule has 0 saturated carbocycles. The van der Waals surface area contributed by atoms with E-state index in [1.165, 1.54) is 0 Å². The number of hydrogen-bond acceptors (Lipinski definition) is 4. The van der Waals surface area contributed by atoms with Crippen molar-refractivity contribution >= 4 is 29.3 Å². The van der Waals surface area contributed by atoms with Gasteiger partial charge in [0.05, 0.1) is 5.02 Å². The topological polar surface area (TPSA) is 64.3 Å². The van der Waals surface area contributed by atoms with Crippen molar-refractivity contribution < 1.29 is 9.53 Å². The van der Waals surface area contributed by atoms with Gasteiger partial charge in [-0.25, -0.2) is 0 Å². The van der Waals surface area contributed by atoms with Gasteiger partial charge in [0.2, 0.25) is 5.91 Å². The zero-order valence-corrected chi connectivity index (χ0v) is 13.9. The lowest BCUT2D eigenvalue weighted by Crippen LogP contribution is -2.55. The Labute approximate surface area is 139 Å². The van der Waals surface area contributed by atoms with E-state index in [-0.39, 0.29) is 12.5 Å². The van der Waals surface area contributed by atoms with Crippen LogP contribution >= 0.6 is 23.4 Å². The molecule has 22 heavy (non-hydrogen) atoms. The van der Waals surface area contributed by atoms with Gasteiger partial charge in [0, 0.05) is 11.4 Å². The van der Waals surface area contributed by atoms with Gasteiger partial charge < -0.3 is 15.8 Å². The summed E-state index contributed by atoms with van der Waals surface area (Å²) in [5.41, 5.74) is 4.92. The maximum absolute atomic E-state index is 12.2. The van der Waals surface area contributed by atoms with E-state index in [1.807, 2.05) is 17.5 Å². The largest absolute Gasteiger partial charge is 0.490 e. The number of halogens is 1. The molecular weight excluding hydrogens is 320 g/mol. The van der Waals surface area contributed by atoms with Crippen molar-refractivity contribution in [1.82, 2.24) is 5.32 Å². The SMILES string of the molecule is CC(N)(COc1ccccc1Cl)C(=O)NCC1=CCC=CS1. The molecule has 1 amide bonds. The highest BCUT2D eigenvalue weighted by molar-refractivity contribution is 8.05. The maximum atomic E-state index is 12.2. The second-order valence-corrected chi connectivity index (χ2v) is 6.65. The summed E-state index contributed by atoms with van der Waals surface area (Å²) in [7, 11) is 0. The molecule has 118 valence electrons. The zero-order chi connectivity index (χ0) is 16.0. The van der Waals surface area contributed by atoms with Gasteiger partial charge in [-0.15, -0.1) is 11.8 Å². The minimum atomic E-state index is -1.13. The van der Waals surface area contributed by atoms with Crippen LogP contribution in [-0.2, 0) is 4.79 Å². The first-order valence-corrected chi connectivity index (χ1v) is 8.20. The van der Waals surface area contributed by atoms with Gasteiger partial charge in [-0.3, -0.25) is 4.79 Å². The number of carbonyl (C=O) groups is 1. The fourth-order valence-corrected chi connectivity index (χ4v) is 2.70. The van der Waals surface area contributed by atoms with E-state index in [1.54, 1.807) is 30.8 Å². The van der Waals surface area contributed by atoms with Crippen molar-refractivity contribution in [3.05, 3.63) is 51.8 Å². The summed E-state index contributed by atoms with van der Waals surface area (Å²) >= 11 is 7.62. The predicted molar refractivity (Wildman–Crippen MR) is 92.0 cm³/mol. The quantitative estimate of drug-likeness (QED) is 0.836. The summed E-state index contributed by atoms with van der Waals surface area (Å²) in [4.78, 5) is 13.3. The summed E-state index contributed by atoms with van der Waals surface area (Å²) in [5, 5.41) is 5.36. The Balaban J connectivity index is 1.85. The van der Waals surface area contributed by atoms with Crippen LogP contribution in [0.15, 0.2) is 46.7 Å². The molecule has 1 unspecified atom stereocenters. The fraction of sp³-hybridized carbons (Fsp3) is 0.312. The molecule has 0 saturated heterocycles. The first kappa shape index (κ1) is 16.9. The number of carbonyl (C=O) groups excluding carboxylic acids is 1. The molecule has 0 fully saturated rings. The number of thioether (sulfide) groups is 1. The number of amides is 1. The minimum Gasteiger partial charge on any atom is -0.490 e. The van der Waals surface area contributed by atoms with E-state index in [0.717, 1.165) is 11.3 Å². The highest BCUT2D eigenvalue weighted by atomic mass is 35.5. The van der Waals surface area contributed by atoms with Crippen LogP contribution in [0, 0.1) is 0 Å². The van der Waals surface area contributed by atoms with Gasteiger partial charge in [-0.2, -0.15) is 0 Å². The lowest BCUT2D eigenvalue weighted by atomic mass is 10.0. The van der Waals surface area contributed by atoms with Gasteiger partial charge in [-0.1, -0.05) is 35.9 Å². The van der Waals surface area contributed by atoms with Gasteiger partial charge in [-0.05, 0) is 30.9 Å². The second kappa shape index (κ2) is 7.72. The highest BCUT2D eigenvalue weighted by Crippen LogP contribution is 2.24. The van der Waals surface area contributed by atoms with Crippen LogP contribution in [0.5, 0.6) is 5.75 Å². The first-order valence-electron chi connectivity index (χ1n) is 6.94. The van der Waals surface area contributed by atoms with Gasteiger partial charge in [0.15, 0.2) is 0 Å². The Morgan fingerprint density at radius 3 is 2.95 bits per heavy atom. The Bertz CT molecular complexity index is 600. The molecule has 0 radical (unpaired) electrons. The molecule has 6 heteroatoms. The first-order chi connectivity index (χ1) is 10.5. The van der Waals surface area contributed by atoms with E-state index in [9.17, 15) is 4.79 Å². The third kappa shape index (κ3) is 4.80. The van der Waals surface area contributed by atoms with E-state index in [4.69, 9.17) is 22.1 Å². The molecule has 1 aliphatic heterocycles. The summed E-state index contributed by atoms with van der Waals surface area (Å²) < 4.78 is 5.57. The third-order valence-corrected chi connectivity index (χ3v) is 4.36. The van der Waals surface area contributed by atoms with Crippen molar-refractivity contribution in [2.75, 3.05) is 13.2 Å². The number of rotatable bonds is 6. The fourth-order valence-electron chi connectivity index (χ4n) is 1.78. The molecule has 1 atom stereocenters. The third-order valence-electron chi connectivity index (χ3n) is 3.10. The minimum absolute atomic E-state index is 0.0503. The van der Waals surface area contributed by atoms with Crippen molar-refractivity contribution in [3.8, 4) is 5.75 Å². The molecule has 0 aliphatic carbocycles. The standard InChI is InChI=1S/C16H19ClN2O2S/c1-16(18,11-21-14-8-3-2-7-13(14)17)15(20)19-10-12-6-4-5-9-22-12/h2-3,5-9H,4,10-11,18H2,1H3,(H,19,20). The molecular formula is C16H19ClN2O2S. The van der Waals surface area contributed by atoms with Crippen LogP contribution in [0.2, 0.25) is 5.02 Å². The number of nitrogens with two attached hydrogens (primary N) is 1. The molecule has 0 spiro atoms. The Morgan fingerprint density at radius 1 is 1.50 bits per heavy atom. The Morgan fingerprint density at radius 2 is 2.27 bits per heavy atom. The van der Waals surface area contributed by atoms with Crippen LogP contribution in [0.1, 0.15) is 13.3 Å². The molecule has 0 bridgehead atoms. The van der Waals surface area contributed by atoms with Gasteiger partial charge in [0.25, 0.3) is 0 Å². The molecule has 1 aromatic rings. The van der Waals surface area contributed by atoms with Crippen molar-refractivity contribution in [2.24, 2.45) is 5.73 Å². The zero-order valence-electron chi connectivity index (χ0n) is 12.3. The Hall–Kier alpha value is -1.43. The molecule has 3 N–H and O–H groups in total. The average molecular weight is 339 g/mol. The molecule has 1 aromatic carbocycles. The summed E-state index contributed by atoms with van der Waals surface area (Å²) in [5.74, 6) is 0.264. The predicted octanol–water partition coefficient (Wildman–Crippen LogP) is 3.09. The number of para-hydroxylation sites is 1. The van der Waals surface area contributed by atoms with Crippen molar-refractivity contribution in [3.63, 3.8) is 0 Å². The molecule has 4 nitrogen and oxygen atoms in total. The van der Waals surface area contributed by atoms with Gasteiger partial charge in [0.1, 0.15) is 17.9 Å². The number of ether oxygens (including phenoxy) is 1. The Kier molecular flexibility index (Phi) is 5.94. The van der Waals surface area contributed by atoms with Crippen LogP contribution in [0.25, 0.3) is 0 Å². The van der Waals surface area contributed by atoms with Crippen LogP contribution in [-0.4, -0.2) is 24.6 Å². The smallest absolute Gasteiger partial charge is 0.243 e. The summed E-state index contributed by atoms with van der Waals surface area (Å²) in [6.07, 6.45) is 5.05. The van der Waals surface area contributed by atoms with Crippen LogP contribution in [0.4, 0.5) is 0 Å². The number of allylic oxidation sites excluding steroid dienone is 2. The summed E-state index contributed by atoms with van der Waals surface area (Å²) in [6.45, 7) is 2.17. The van der Waals surface area contributed by atoms with E-state index < -0.39 is 5.54 Å².